The van der Waals surface area contributed by atoms with Crippen molar-refractivity contribution in [3.05, 3.63) is 47.5 Å². The fourth-order valence-electron chi connectivity index (χ4n) is 3.34. The predicted molar refractivity (Wildman–Crippen MR) is 95.6 cm³/mol. The molecule has 0 unspecified atom stereocenters. The topological polar surface area (TPSA) is 99.4 Å². The van der Waals surface area contributed by atoms with Gasteiger partial charge in [-0.2, -0.15) is 0 Å². The molecule has 3 atom stereocenters. The van der Waals surface area contributed by atoms with E-state index in [1.807, 2.05) is 12.1 Å². The highest BCUT2D eigenvalue weighted by atomic mass is 16.5. The second-order valence-corrected chi connectivity index (χ2v) is 6.67. The summed E-state index contributed by atoms with van der Waals surface area (Å²) in [5, 5.41) is 39.2. The van der Waals surface area contributed by atoms with Crippen LogP contribution < -0.4 is 4.74 Å². The standard InChI is InChI=1S/C20H24O6/c1-25-19-9-13(8-17(23)20(19)24)18-11-15(22)10-16(26-18)7-4-12-2-5-14(21)6-3-12/h2-3,5-6,8-9,15-16,18,21-24H,4,7,10-11H2,1H3/t15-,16+,18-/m1/s1. The molecule has 4 N–H and O–H groups in total. The van der Waals surface area contributed by atoms with Crippen LogP contribution >= 0.6 is 0 Å². The van der Waals surface area contributed by atoms with Crippen molar-refractivity contribution >= 4 is 0 Å². The number of aromatic hydroxyl groups is 3. The number of aliphatic hydroxyl groups excluding tert-OH is 1. The van der Waals surface area contributed by atoms with Gasteiger partial charge in [-0.05, 0) is 54.7 Å². The number of phenols is 3. The first-order valence-electron chi connectivity index (χ1n) is 8.67. The Bertz CT molecular complexity index is 743. The summed E-state index contributed by atoms with van der Waals surface area (Å²) >= 11 is 0. The lowest BCUT2D eigenvalue weighted by molar-refractivity contribution is -0.0999. The summed E-state index contributed by atoms with van der Waals surface area (Å²) in [4.78, 5) is 0. The first-order chi connectivity index (χ1) is 12.5. The smallest absolute Gasteiger partial charge is 0.200 e. The first-order valence-corrected chi connectivity index (χ1v) is 8.67. The number of rotatable bonds is 5. The van der Waals surface area contributed by atoms with Crippen molar-refractivity contribution in [1.82, 2.24) is 0 Å². The van der Waals surface area contributed by atoms with E-state index in [2.05, 4.69) is 0 Å². The third kappa shape index (κ3) is 4.20. The van der Waals surface area contributed by atoms with Crippen LogP contribution in [0, 0.1) is 0 Å². The average molecular weight is 360 g/mol. The van der Waals surface area contributed by atoms with Gasteiger partial charge >= 0.3 is 0 Å². The quantitative estimate of drug-likeness (QED) is 0.612. The van der Waals surface area contributed by atoms with Crippen LogP contribution in [0.2, 0.25) is 0 Å². The minimum Gasteiger partial charge on any atom is -0.508 e. The minimum atomic E-state index is -0.500. The number of aryl methyl sites for hydroxylation is 1. The Labute approximate surface area is 152 Å². The maximum atomic E-state index is 10.2. The molecule has 1 saturated heterocycles. The van der Waals surface area contributed by atoms with Gasteiger partial charge in [-0.25, -0.2) is 0 Å². The number of ether oxygens (including phenoxy) is 2. The summed E-state index contributed by atoms with van der Waals surface area (Å²) in [6, 6.07) is 10.1. The molecule has 0 bridgehead atoms. The lowest BCUT2D eigenvalue weighted by Gasteiger charge is -2.34. The summed E-state index contributed by atoms with van der Waals surface area (Å²) < 4.78 is 11.2. The fraction of sp³-hybridized carbons (Fsp3) is 0.400. The number of hydrogen-bond acceptors (Lipinski definition) is 6. The molecule has 140 valence electrons. The summed E-state index contributed by atoms with van der Waals surface area (Å²) in [5.74, 6) is -0.177. The van der Waals surface area contributed by atoms with Crippen LogP contribution in [0.1, 0.15) is 36.5 Å². The maximum Gasteiger partial charge on any atom is 0.200 e. The lowest BCUT2D eigenvalue weighted by Crippen LogP contribution is -2.31. The Kier molecular flexibility index (Phi) is 5.54. The van der Waals surface area contributed by atoms with E-state index in [-0.39, 0.29) is 35.2 Å². The molecule has 0 amide bonds. The van der Waals surface area contributed by atoms with Gasteiger partial charge in [0.15, 0.2) is 11.5 Å². The van der Waals surface area contributed by atoms with Crippen LogP contribution in [0.4, 0.5) is 0 Å². The second kappa shape index (κ2) is 7.85. The molecule has 6 heteroatoms. The highest BCUT2D eigenvalue weighted by molar-refractivity contribution is 5.52. The van der Waals surface area contributed by atoms with Crippen molar-refractivity contribution in [3.63, 3.8) is 0 Å². The molecular weight excluding hydrogens is 336 g/mol. The van der Waals surface area contributed by atoms with E-state index >= 15 is 0 Å². The van der Waals surface area contributed by atoms with Crippen molar-refractivity contribution in [2.75, 3.05) is 7.11 Å². The zero-order chi connectivity index (χ0) is 18.7. The van der Waals surface area contributed by atoms with E-state index in [1.54, 1.807) is 18.2 Å². The average Bonchev–Trinajstić information content (AvgIpc) is 2.63. The molecule has 1 heterocycles. The molecule has 1 aliphatic rings. The molecule has 0 radical (unpaired) electrons. The Morgan fingerprint density at radius 3 is 2.50 bits per heavy atom. The molecule has 1 aliphatic heterocycles. The summed E-state index contributed by atoms with van der Waals surface area (Å²) in [6.45, 7) is 0. The molecular formula is C20H24O6. The lowest BCUT2D eigenvalue weighted by atomic mass is 9.93. The van der Waals surface area contributed by atoms with E-state index in [0.717, 1.165) is 18.4 Å². The van der Waals surface area contributed by atoms with Gasteiger partial charge in [0.05, 0.1) is 25.4 Å². The Hall–Kier alpha value is -2.44. The third-order valence-electron chi connectivity index (χ3n) is 4.74. The Morgan fingerprint density at radius 2 is 1.81 bits per heavy atom. The van der Waals surface area contributed by atoms with E-state index in [1.165, 1.54) is 13.2 Å². The Morgan fingerprint density at radius 1 is 1.08 bits per heavy atom. The van der Waals surface area contributed by atoms with Gasteiger partial charge < -0.3 is 29.9 Å². The van der Waals surface area contributed by atoms with Crippen LogP contribution in [0.15, 0.2) is 36.4 Å². The number of methoxy groups -OCH3 is 1. The van der Waals surface area contributed by atoms with Crippen LogP contribution in [0.3, 0.4) is 0 Å². The van der Waals surface area contributed by atoms with Crippen LogP contribution in [0.5, 0.6) is 23.0 Å². The zero-order valence-corrected chi connectivity index (χ0v) is 14.6. The maximum absolute atomic E-state index is 10.2. The summed E-state index contributed by atoms with van der Waals surface area (Å²) in [6.07, 6.45) is 1.47. The highest BCUT2D eigenvalue weighted by Crippen LogP contribution is 2.41. The number of phenolic OH excluding ortho intramolecular Hbond substituents is 3. The van der Waals surface area contributed by atoms with Crippen molar-refractivity contribution in [2.45, 2.75) is 44.0 Å². The first kappa shape index (κ1) is 18.4. The number of hydrogen-bond donors (Lipinski definition) is 4. The van der Waals surface area contributed by atoms with Gasteiger partial charge in [0, 0.05) is 6.42 Å². The molecule has 1 fully saturated rings. The van der Waals surface area contributed by atoms with Crippen molar-refractivity contribution < 1.29 is 29.9 Å². The molecule has 0 spiro atoms. The normalized spacial score (nSPS) is 22.9. The highest BCUT2D eigenvalue weighted by Gasteiger charge is 2.30. The van der Waals surface area contributed by atoms with Crippen LogP contribution in [-0.2, 0) is 11.2 Å². The van der Waals surface area contributed by atoms with Crippen molar-refractivity contribution in [2.24, 2.45) is 0 Å². The van der Waals surface area contributed by atoms with Crippen molar-refractivity contribution in [1.29, 1.82) is 0 Å². The third-order valence-corrected chi connectivity index (χ3v) is 4.74. The van der Waals surface area contributed by atoms with Gasteiger partial charge in [0.25, 0.3) is 0 Å². The van der Waals surface area contributed by atoms with Crippen LogP contribution in [0.25, 0.3) is 0 Å². The van der Waals surface area contributed by atoms with E-state index in [4.69, 9.17) is 9.47 Å². The van der Waals surface area contributed by atoms with Gasteiger partial charge in [0.2, 0.25) is 5.75 Å². The fourth-order valence-corrected chi connectivity index (χ4v) is 3.34. The predicted octanol–water partition coefficient (Wildman–Crippen LogP) is 3.03. The molecule has 2 aromatic rings. The van der Waals surface area contributed by atoms with E-state index < -0.39 is 6.10 Å². The van der Waals surface area contributed by atoms with Crippen molar-refractivity contribution in [3.8, 4) is 23.0 Å². The minimum absolute atomic E-state index is 0.125. The molecule has 0 aliphatic carbocycles. The number of benzene rings is 2. The second-order valence-electron chi connectivity index (χ2n) is 6.67. The Balaban J connectivity index is 1.70. The van der Waals surface area contributed by atoms with Gasteiger partial charge in [0.1, 0.15) is 5.75 Å². The molecule has 3 rings (SSSR count). The SMILES string of the molecule is COc1cc([C@H]2C[C@H](O)C[C@H](CCc3ccc(O)cc3)O2)cc(O)c1O. The molecule has 0 saturated carbocycles. The monoisotopic (exact) mass is 360 g/mol. The van der Waals surface area contributed by atoms with Gasteiger partial charge in [-0.1, -0.05) is 12.1 Å². The molecule has 6 nitrogen and oxygen atoms in total. The summed E-state index contributed by atoms with van der Waals surface area (Å²) in [5.41, 5.74) is 1.75. The van der Waals surface area contributed by atoms with E-state index in [0.29, 0.717) is 18.4 Å². The van der Waals surface area contributed by atoms with Gasteiger partial charge in [-0.15, -0.1) is 0 Å². The van der Waals surface area contributed by atoms with Crippen LogP contribution in [-0.4, -0.2) is 39.7 Å². The van der Waals surface area contributed by atoms with E-state index in [9.17, 15) is 20.4 Å². The number of aliphatic hydroxyl groups is 1. The molecule has 26 heavy (non-hydrogen) atoms. The molecule has 0 aromatic heterocycles. The zero-order valence-electron chi connectivity index (χ0n) is 14.6. The van der Waals surface area contributed by atoms with Gasteiger partial charge in [-0.3, -0.25) is 0 Å². The largest absolute Gasteiger partial charge is 0.508 e. The summed E-state index contributed by atoms with van der Waals surface area (Å²) in [7, 11) is 1.41. The molecule has 2 aromatic carbocycles.